The summed E-state index contributed by atoms with van der Waals surface area (Å²) in [4.78, 5) is 8.19. The Morgan fingerprint density at radius 1 is 1.17 bits per heavy atom. The van der Waals surface area contributed by atoms with E-state index in [2.05, 4.69) is 57.8 Å². The Morgan fingerprint density at radius 2 is 1.83 bits per heavy atom. The van der Waals surface area contributed by atoms with E-state index in [1.165, 1.54) is 5.56 Å². The molecule has 2 aromatic rings. The zero-order valence-corrected chi connectivity index (χ0v) is 12.0. The second-order valence-corrected chi connectivity index (χ2v) is 6.63. The summed E-state index contributed by atoms with van der Waals surface area (Å²) in [5, 5.41) is 0. The largest absolute Gasteiger partial charge is 0.341 e. The number of benzene rings is 1. The van der Waals surface area contributed by atoms with E-state index in [-0.39, 0.29) is 10.8 Å². The molecule has 2 rings (SSSR count). The first-order chi connectivity index (χ1) is 8.25. The van der Waals surface area contributed by atoms with Crippen molar-refractivity contribution >= 4 is 11.0 Å². The van der Waals surface area contributed by atoms with Gasteiger partial charge in [-0.3, -0.25) is 0 Å². The lowest BCUT2D eigenvalue weighted by atomic mass is 9.86. The van der Waals surface area contributed by atoms with Crippen LogP contribution >= 0.6 is 0 Å². The Labute approximate surface area is 109 Å². The Kier molecular flexibility index (Phi) is 2.98. The number of aromatic amines is 1. The fraction of sp³-hybridized carbons (Fsp3) is 0.533. The van der Waals surface area contributed by atoms with Gasteiger partial charge in [0.25, 0.3) is 0 Å². The normalized spacial score (nSPS) is 13.2. The summed E-state index contributed by atoms with van der Waals surface area (Å²) in [5.74, 6) is 0.969. The summed E-state index contributed by atoms with van der Waals surface area (Å²) in [6.45, 7) is 11.4. The molecule has 3 nitrogen and oxygen atoms in total. The number of rotatable bonds is 2. The molecule has 18 heavy (non-hydrogen) atoms. The van der Waals surface area contributed by atoms with Crippen LogP contribution in [0.2, 0.25) is 0 Å². The molecule has 3 heteroatoms. The van der Waals surface area contributed by atoms with Crippen molar-refractivity contribution in [2.24, 2.45) is 5.73 Å². The van der Waals surface area contributed by atoms with Gasteiger partial charge >= 0.3 is 0 Å². The average molecular weight is 245 g/mol. The molecule has 98 valence electrons. The van der Waals surface area contributed by atoms with E-state index >= 15 is 0 Å². The van der Waals surface area contributed by atoms with Crippen LogP contribution in [-0.2, 0) is 10.8 Å². The number of fused-ring (bicyclic) bond motifs is 1. The molecule has 0 unspecified atom stereocenters. The van der Waals surface area contributed by atoms with E-state index in [1.807, 2.05) is 0 Å². The van der Waals surface area contributed by atoms with Crippen molar-refractivity contribution in [2.75, 3.05) is 6.54 Å². The summed E-state index contributed by atoms with van der Waals surface area (Å²) in [6, 6.07) is 6.32. The van der Waals surface area contributed by atoms with Gasteiger partial charge in [-0.15, -0.1) is 0 Å². The second kappa shape index (κ2) is 4.09. The minimum Gasteiger partial charge on any atom is -0.341 e. The molecule has 0 amide bonds. The monoisotopic (exact) mass is 245 g/mol. The van der Waals surface area contributed by atoms with Crippen LogP contribution in [0.1, 0.15) is 46.0 Å². The molecule has 0 bridgehead atoms. The molecule has 0 spiro atoms. The van der Waals surface area contributed by atoms with Gasteiger partial charge in [-0.2, -0.15) is 0 Å². The highest BCUT2D eigenvalue weighted by molar-refractivity contribution is 5.80. The summed E-state index contributed by atoms with van der Waals surface area (Å²) in [5.41, 5.74) is 9.24. The van der Waals surface area contributed by atoms with E-state index in [9.17, 15) is 0 Å². The van der Waals surface area contributed by atoms with Crippen molar-refractivity contribution < 1.29 is 0 Å². The fourth-order valence-electron chi connectivity index (χ4n) is 2.05. The van der Waals surface area contributed by atoms with E-state index in [0.29, 0.717) is 6.54 Å². The van der Waals surface area contributed by atoms with Crippen LogP contribution in [0.4, 0.5) is 0 Å². The number of H-pyrrole nitrogens is 1. The molecule has 1 aromatic heterocycles. The zero-order valence-electron chi connectivity index (χ0n) is 12.0. The Bertz CT molecular complexity index is 559. The summed E-state index contributed by atoms with van der Waals surface area (Å²) in [7, 11) is 0. The SMILES string of the molecule is CC(C)(C)c1cccc2[nH]c(C(C)(C)CN)nc12. The van der Waals surface area contributed by atoms with Crippen LogP contribution in [0.5, 0.6) is 0 Å². The topological polar surface area (TPSA) is 54.7 Å². The van der Waals surface area contributed by atoms with Crippen molar-refractivity contribution in [3.05, 3.63) is 29.6 Å². The molecule has 3 N–H and O–H groups in total. The molecular weight excluding hydrogens is 222 g/mol. The quantitative estimate of drug-likeness (QED) is 0.854. The molecule has 0 aliphatic carbocycles. The molecular formula is C15H23N3. The zero-order chi connectivity index (χ0) is 13.6. The number of aromatic nitrogens is 2. The third-order valence-electron chi connectivity index (χ3n) is 3.47. The van der Waals surface area contributed by atoms with Crippen LogP contribution in [0.25, 0.3) is 11.0 Å². The predicted molar refractivity (Wildman–Crippen MR) is 76.9 cm³/mol. The molecule has 0 saturated heterocycles. The van der Waals surface area contributed by atoms with Crippen molar-refractivity contribution in [1.29, 1.82) is 0 Å². The minimum atomic E-state index is -0.117. The lowest BCUT2D eigenvalue weighted by Crippen LogP contribution is -2.29. The van der Waals surface area contributed by atoms with Crippen molar-refractivity contribution in [3.8, 4) is 0 Å². The molecule has 1 heterocycles. The maximum Gasteiger partial charge on any atom is 0.114 e. The van der Waals surface area contributed by atoms with Crippen LogP contribution < -0.4 is 5.73 Å². The highest BCUT2D eigenvalue weighted by Gasteiger charge is 2.25. The van der Waals surface area contributed by atoms with Gasteiger partial charge in [0.2, 0.25) is 0 Å². The summed E-state index contributed by atoms with van der Waals surface area (Å²) >= 11 is 0. The van der Waals surface area contributed by atoms with Crippen LogP contribution in [0.3, 0.4) is 0 Å². The van der Waals surface area contributed by atoms with E-state index in [1.54, 1.807) is 0 Å². The molecule has 1 aromatic carbocycles. The first-order valence-electron chi connectivity index (χ1n) is 6.45. The smallest absolute Gasteiger partial charge is 0.114 e. The molecule has 0 aliphatic rings. The number of nitrogens with zero attached hydrogens (tertiary/aromatic N) is 1. The predicted octanol–water partition coefficient (Wildman–Crippen LogP) is 3.10. The lowest BCUT2D eigenvalue weighted by Gasteiger charge is -2.20. The van der Waals surface area contributed by atoms with E-state index < -0.39 is 0 Å². The van der Waals surface area contributed by atoms with Gasteiger partial charge in [0.1, 0.15) is 5.82 Å². The highest BCUT2D eigenvalue weighted by atomic mass is 14.9. The highest BCUT2D eigenvalue weighted by Crippen LogP contribution is 2.30. The molecule has 0 radical (unpaired) electrons. The molecule has 0 saturated carbocycles. The first kappa shape index (κ1) is 13.1. The van der Waals surface area contributed by atoms with Crippen molar-refractivity contribution in [2.45, 2.75) is 45.4 Å². The Hall–Kier alpha value is -1.35. The van der Waals surface area contributed by atoms with Gasteiger partial charge < -0.3 is 10.7 Å². The number of para-hydroxylation sites is 1. The van der Waals surface area contributed by atoms with Crippen molar-refractivity contribution in [1.82, 2.24) is 9.97 Å². The maximum atomic E-state index is 5.82. The van der Waals surface area contributed by atoms with Crippen LogP contribution in [0, 0.1) is 0 Å². The number of imidazole rings is 1. The number of hydrogen-bond donors (Lipinski definition) is 2. The van der Waals surface area contributed by atoms with Gasteiger partial charge in [-0.25, -0.2) is 4.98 Å². The Balaban J connectivity index is 2.66. The van der Waals surface area contributed by atoms with E-state index in [4.69, 9.17) is 10.7 Å². The standard InChI is InChI=1S/C15H23N3/c1-14(2,3)10-7-6-8-11-12(10)18-13(17-11)15(4,5)9-16/h6-8H,9,16H2,1-5H3,(H,17,18). The van der Waals surface area contributed by atoms with Gasteiger partial charge in [0.05, 0.1) is 11.0 Å². The first-order valence-corrected chi connectivity index (χ1v) is 6.45. The summed E-state index contributed by atoms with van der Waals surface area (Å²) in [6.07, 6.45) is 0. The maximum absolute atomic E-state index is 5.82. The second-order valence-electron chi connectivity index (χ2n) is 6.63. The third kappa shape index (κ3) is 2.15. The fourth-order valence-corrected chi connectivity index (χ4v) is 2.05. The van der Waals surface area contributed by atoms with Gasteiger partial charge in [-0.05, 0) is 17.0 Å². The number of nitrogens with two attached hydrogens (primary N) is 1. The van der Waals surface area contributed by atoms with E-state index in [0.717, 1.165) is 16.9 Å². The van der Waals surface area contributed by atoms with Gasteiger partial charge in [-0.1, -0.05) is 46.8 Å². The lowest BCUT2D eigenvalue weighted by molar-refractivity contribution is 0.509. The van der Waals surface area contributed by atoms with Gasteiger partial charge in [0, 0.05) is 12.0 Å². The van der Waals surface area contributed by atoms with Crippen LogP contribution in [-0.4, -0.2) is 16.5 Å². The van der Waals surface area contributed by atoms with Gasteiger partial charge in [0.15, 0.2) is 0 Å². The third-order valence-corrected chi connectivity index (χ3v) is 3.47. The van der Waals surface area contributed by atoms with Crippen molar-refractivity contribution in [3.63, 3.8) is 0 Å². The average Bonchev–Trinajstić information content (AvgIpc) is 2.71. The molecule has 0 atom stereocenters. The minimum absolute atomic E-state index is 0.0961. The Morgan fingerprint density at radius 3 is 2.39 bits per heavy atom. The summed E-state index contributed by atoms with van der Waals surface area (Å²) < 4.78 is 0. The molecule has 0 fully saturated rings. The number of nitrogens with one attached hydrogen (secondary N) is 1. The molecule has 0 aliphatic heterocycles. The number of hydrogen-bond acceptors (Lipinski definition) is 2. The van der Waals surface area contributed by atoms with Crippen LogP contribution in [0.15, 0.2) is 18.2 Å².